The van der Waals surface area contributed by atoms with Gasteiger partial charge >= 0.3 is 6.18 Å². The van der Waals surface area contributed by atoms with Crippen LogP contribution in [0.15, 0.2) is 12.3 Å². The van der Waals surface area contributed by atoms with Gasteiger partial charge in [-0.05, 0) is 6.08 Å². The van der Waals surface area contributed by atoms with Gasteiger partial charge in [-0.15, -0.1) is 0 Å². The number of rotatable bonds is 4. The second-order valence-electron chi connectivity index (χ2n) is 2.15. The van der Waals surface area contributed by atoms with Crippen LogP contribution < -0.4 is 5.32 Å². The Hall–Kier alpha value is -1.00. The molecule has 0 aliphatic heterocycles. The highest BCUT2D eigenvalue weighted by Gasteiger charge is 2.25. The average molecular weight is 181 g/mol. The van der Waals surface area contributed by atoms with Gasteiger partial charge in [-0.1, -0.05) is 6.92 Å². The van der Waals surface area contributed by atoms with Crippen LogP contribution in [-0.4, -0.2) is 18.5 Å². The Kier molecular flexibility index (Phi) is 4.39. The lowest BCUT2D eigenvalue weighted by atomic mass is 10.3. The van der Waals surface area contributed by atoms with E-state index < -0.39 is 12.7 Å². The maximum absolute atomic E-state index is 11.5. The van der Waals surface area contributed by atoms with E-state index >= 15 is 0 Å². The fourth-order valence-electron chi connectivity index (χ4n) is 0.444. The highest BCUT2D eigenvalue weighted by molar-refractivity contribution is 5.89. The van der Waals surface area contributed by atoms with Crippen LogP contribution in [0, 0.1) is 0 Å². The molecule has 1 N–H and O–H groups in total. The lowest BCUT2D eigenvalue weighted by Crippen LogP contribution is -2.24. The standard InChI is InChI=1S/C7H10F3NO/c1-2-6(12)3-4-11-5-7(8,9)10/h3-4,11H,2,5H2,1H3/b4-3+. The summed E-state index contributed by atoms with van der Waals surface area (Å²) in [4.78, 5) is 10.5. The van der Waals surface area contributed by atoms with Gasteiger partial charge in [0.2, 0.25) is 0 Å². The van der Waals surface area contributed by atoms with E-state index in [1.165, 1.54) is 0 Å². The minimum atomic E-state index is -4.24. The number of hydrogen-bond acceptors (Lipinski definition) is 2. The number of alkyl halides is 3. The number of allylic oxidation sites excluding steroid dienone is 1. The predicted octanol–water partition coefficient (Wildman–Crippen LogP) is 1.63. The monoisotopic (exact) mass is 181 g/mol. The van der Waals surface area contributed by atoms with Crippen molar-refractivity contribution in [2.75, 3.05) is 6.54 Å². The molecule has 0 heterocycles. The molecule has 12 heavy (non-hydrogen) atoms. The average Bonchev–Trinajstić information content (AvgIpc) is 1.96. The van der Waals surface area contributed by atoms with Crippen molar-refractivity contribution in [2.45, 2.75) is 19.5 Å². The van der Waals surface area contributed by atoms with Gasteiger partial charge in [0.05, 0.1) is 0 Å². The van der Waals surface area contributed by atoms with Gasteiger partial charge in [-0.25, -0.2) is 0 Å². The number of hydrogen-bond donors (Lipinski definition) is 1. The molecular weight excluding hydrogens is 171 g/mol. The molecule has 0 unspecified atom stereocenters. The fourth-order valence-corrected chi connectivity index (χ4v) is 0.444. The molecule has 0 aliphatic carbocycles. The third-order valence-corrected chi connectivity index (χ3v) is 1.04. The molecule has 70 valence electrons. The number of carbonyl (C=O) groups is 1. The first kappa shape index (κ1) is 11.0. The third-order valence-electron chi connectivity index (χ3n) is 1.04. The van der Waals surface area contributed by atoms with E-state index in [1.807, 2.05) is 5.32 Å². The molecule has 0 radical (unpaired) electrons. The minimum absolute atomic E-state index is 0.204. The van der Waals surface area contributed by atoms with Crippen LogP contribution in [0.25, 0.3) is 0 Å². The largest absolute Gasteiger partial charge is 0.405 e. The van der Waals surface area contributed by atoms with Crippen molar-refractivity contribution in [3.8, 4) is 0 Å². The van der Waals surface area contributed by atoms with Gasteiger partial charge in [-0.3, -0.25) is 4.79 Å². The molecule has 0 aromatic heterocycles. The third kappa shape index (κ3) is 7.11. The highest BCUT2D eigenvalue weighted by atomic mass is 19.4. The summed E-state index contributed by atoms with van der Waals surface area (Å²) in [5, 5.41) is 1.96. The molecule has 0 aromatic carbocycles. The van der Waals surface area contributed by atoms with Gasteiger partial charge in [0.15, 0.2) is 5.78 Å². The molecule has 0 spiro atoms. The SMILES string of the molecule is CCC(=O)/C=C/NCC(F)(F)F. The van der Waals surface area contributed by atoms with Crippen LogP contribution >= 0.6 is 0 Å². The van der Waals surface area contributed by atoms with Crippen molar-refractivity contribution in [1.29, 1.82) is 0 Å². The van der Waals surface area contributed by atoms with Gasteiger partial charge in [0, 0.05) is 12.6 Å². The summed E-state index contributed by atoms with van der Waals surface area (Å²) < 4.78 is 34.4. The van der Waals surface area contributed by atoms with E-state index in [1.54, 1.807) is 6.92 Å². The Morgan fingerprint density at radius 1 is 1.50 bits per heavy atom. The van der Waals surface area contributed by atoms with Crippen molar-refractivity contribution in [3.63, 3.8) is 0 Å². The summed E-state index contributed by atoms with van der Waals surface area (Å²) in [5.41, 5.74) is 0. The first-order valence-electron chi connectivity index (χ1n) is 3.45. The van der Waals surface area contributed by atoms with Crippen LogP contribution in [0.5, 0.6) is 0 Å². The molecular formula is C7H10F3NO. The fraction of sp³-hybridized carbons (Fsp3) is 0.571. The zero-order valence-electron chi connectivity index (χ0n) is 6.61. The van der Waals surface area contributed by atoms with Crippen molar-refractivity contribution in [3.05, 3.63) is 12.3 Å². The summed E-state index contributed by atoms with van der Waals surface area (Å²) in [6.45, 7) is 0.525. The normalized spacial score (nSPS) is 12.0. The van der Waals surface area contributed by atoms with Crippen molar-refractivity contribution < 1.29 is 18.0 Å². The number of halogens is 3. The van der Waals surface area contributed by atoms with Gasteiger partial charge in [0.25, 0.3) is 0 Å². The van der Waals surface area contributed by atoms with Crippen LogP contribution in [0.1, 0.15) is 13.3 Å². The van der Waals surface area contributed by atoms with Crippen molar-refractivity contribution in [2.24, 2.45) is 0 Å². The van der Waals surface area contributed by atoms with Gasteiger partial charge in [0.1, 0.15) is 6.54 Å². The van der Waals surface area contributed by atoms with Crippen LogP contribution in [0.2, 0.25) is 0 Å². The maximum Gasteiger partial charge on any atom is 0.405 e. The summed E-state index contributed by atoms with van der Waals surface area (Å²) in [5.74, 6) is -0.204. The number of nitrogens with one attached hydrogen (secondary N) is 1. The molecule has 5 heteroatoms. The molecule has 0 aliphatic rings. The molecule has 0 saturated heterocycles. The second kappa shape index (κ2) is 4.79. The summed E-state index contributed by atoms with van der Waals surface area (Å²) in [7, 11) is 0. The molecule has 2 nitrogen and oxygen atoms in total. The Bertz CT molecular complexity index is 174. The highest BCUT2D eigenvalue weighted by Crippen LogP contribution is 2.11. The smallest absolute Gasteiger partial charge is 0.382 e. The number of carbonyl (C=O) groups excluding carboxylic acids is 1. The summed E-state index contributed by atoms with van der Waals surface area (Å²) in [6.07, 6.45) is -1.84. The maximum atomic E-state index is 11.5. The molecule has 0 fully saturated rings. The second-order valence-corrected chi connectivity index (χ2v) is 2.15. The van der Waals surface area contributed by atoms with Gasteiger partial charge in [-0.2, -0.15) is 13.2 Å². The van der Waals surface area contributed by atoms with Crippen LogP contribution in [0.4, 0.5) is 13.2 Å². The Labute approximate surface area is 68.4 Å². The Balaban J connectivity index is 3.56. The molecule has 0 saturated carbocycles. The van der Waals surface area contributed by atoms with Crippen molar-refractivity contribution in [1.82, 2.24) is 5.32 Å². The van der Waals surface area contributed by atoms with E-state index in [0.29, 0.717) is 6.42 Å². The number of ketones is 1. The molecule has 0 atom stereocenters. The first-order chi connectivity index (χ1) is 5.45. The van der Waals surface area contributed by atoms with E-state index in [-0.39, 0.29) is 5.78 Å². The van der Waals surface area contributed by atoms with Gasteiger partial charge < -0.3 is 5.32 Å². The quantitative estimate of drug-likeness (QED) is 0.668. The topological polar surface area (TPSA) is 29.1 Å². The van der Waals surface area contributed by atoms with Crippen LogP contribution in [-0.2, 0) is 4.79 Å². The summed E-state index contributed by atoms with van der Waals surface area (Å²) in [6, 6.07) is 0. The minimum Gasteiger partial charge on any atom is -0.382 e. The Morgan fingerprint density at radius 2 is 2.08 bits per heavy atom. The Morgan fingerprint density at radius 3 is 2.50 bits per heavy atom. The molecule has 0 rings (SSSR count). The zero-order valence-corrected chi connectivity index (χ0v) is 6.61. The van der Waals surface area contributed by atoms with E-state index in [0.717, 1.165) is 12.3 Å². The van der Waals surface area contributed by atoms with Crippen molar-refractivity contribution >= 4 is 5.78 Å². The lowest BCUT2D eigenvalue weighted by molar-refractivity contribution is -0.123. The molecule has 0 amide bonds. The van der Waals surface area contributed by atoms with E-state index in [2.05, 4.69) is 0 Å². The summed E-state index contributed by atoms with van der Waals surface area (Å²) >= 11 is 0. The van der Waals surface area contributed by atoms with Crippen LogP contribution in [0.3, 0.4) is 0 Å². The molecule has 0 aromatic rings. The molecule has 0 bridgehead atoms. The van der Waals surface area contributed by atoms with E-state index in [9.17, 15) is 18.0 Å². The lowest BCUT2D eigenvalue weighted by Gasteiger charge is -2.04. The first-order valence-corrected chi connectivity index (χ1v) is 3.45. The predicted molar refractivity (Wildman–Crippen MR) is 38.5 cm³/mol. The van der Waals surface area contributed by atoms with E-state index in [4.69, 9.17) is 0 Å². The zero-order chi connectivity index (χ0) is 9.61.